The smallest absolute Gasteiger partial charge is 0.380 e. The molecule has 7 heteroatoms. The Balaban J connectivity index is 3.04. The molecule has 1 N–H and O–H groups in total. The second-order valence-electron chi connectivity index (χ2n) is 2.10. The summed E-state index contributed by atoms with van der Waals surface area (Å²) in [5, 5.41) is 19.4. The van der Waals surface area contributed by atoms with Crippen LogP contribution in [0.5, 0.6) is 0 Å². The van der Waals surface area contributed by atoms with Gasteiger partial charge in [0.2, 0.25) is 0 Å². The van der Waals surface area contributed by atoms with E-state index in [9.17, 15) is 13.5 Å². The van der Waals surface area contributed by atoms with E-state index in [0.29, 0.717) is 0 Å². The van der Waals surface area contributed by atoms with E-state index >= 15 is 0 Å². The highest BCUT2D eigenvalue weighted by molar-refractivity contribution is 7.85. The number of aliphatic hydroxyl groups excluding tert-OH is 1. The van der Waals surface area contributed by atoms with E-state index in [4.69, 9.17) is 5.11 Å². The molecular formula is C4H6NO5S-. The van der Waals surface area contributed by atoms with E-state index in [2.05, 4.69) is 8.58 Å². The molecule has 0 radical (unpaired) electrons. The summed E-state index contributed by atoms with van der Waals surface area (Å²) in [6.45, 7) is 1.27. The molecule has 0 fully saturated rings. The van der Waals surface area contributed by atoms with E-state index < -0.39 is 28.4 Å². The van der Waals surface area contributed by atoms with Crippen molar-refractivity contribution in [2.75, 3.05) is 0 Å². The lowest BCUT2D eigenvalue weighted by Crippen LogP contribution is -2.45. The number of hydrogen-bond acceptors (Lipinski definition) is 5. The summed E-state index contributed by atoms with van der Waals surface area (Å²) in [4.78, 5) is 0. The summed E-state index contributed by atoms with van der Waals surface area (Å²) in [5.41, 5.74) is 0. The zero-order valence-electron chi connectivity index (χ0n) is 5.59. The van der Waals surface area contributed by atoms with Gasteiger partial charge in [0.1, 0.15) is 12.2 Å². The normalized spacial score (nSPS) is 36.4. The van der Waals surface area contributed by atoms with Crippen LogP contribution in [-0.2, 0) is 14.5 Å². The van der Waals surface area contributed by atoms with Crippen LogP contribution in [0, 0.1) is 0 Å². The Kier molecular flexibility index (Phi) is 1.87. The third-order valence-corrected chi connectivity index (χ3v) is 2.12. The van der Waals surface area contributed by atoms with E-state index in [1.165, 1.54) is 6.92 Å². The molecule has 0 aromatic rings. The van der Waals surface area contributed by atoms with Crippen LogP contribution in [0.4, 0.5) is 0 Å². The summed E-state index contributed by atoms with van der Waals surface area (Å²) >= 11 is 0. The number of hydrogen-bond donors (Lipinski definition) is 1. The predicted molar refractivity (Wildman–Crippen MR) is 32.9 cm³/mol. The van der Waals surface area contributed by atoms with Crippen molar-refractivity contribution in [3.05, 3.63) is 0 Å². The molecule has 1 aliphatic heterocycles. The second-order valence-corrected chi connectivity index (χ2v) is 3.33. The molecule has 0 amide bonds. The maximum absolute atomic E-state index is 10.5. The summed E-state index contributed by atoms with van der Waals surface area (Å²) in [5.74, 6) is -1.08. The Morgan fingerprint density at radius 2 is 2.27 bits per heavy atom. The largest absolute Gasteiger partial charge is 0.859 e. The maximum Gasteiger partial charge on any atom is 0.380 e. The van der Waals surface area contributed by atoms with Gasteiger partial charge < -0.3 is 10.2 Å². The molecule has 0 aromatic carbocycles. The zero-order chi connectivity index (χ0) is 8.65. The van der Waals surface area contributed by atoms with E-state index in [1.54, 1.807) is 0 Å². The first-order valence-corrected chi connectivity index (χ1v) is 4.17. The van der Waals surface area contributed by atoms with Crippen LogP contribution in [0.15, 0.2) is 4.40 Å². The van der Waals surface area contributed by atoms with Crippen molar-refractivity contribution in [1.29, 1.82) is 0 Å². The minimum Gasteiger partial charge on any atom is -0.859 e. The first-order valence-electron chi connectivity index (χ1n) is 2.80. The van der Waals surface area contributed by atoms with Crippen LogP contribution in [0.25, 0.3) is 0 Å². The first-order chi connectivity index (χ1) is 4.92. The van der Waals surface area contributed by atoms with Crippen LogP contribution in [0.2, 0.25) is 0 Å². The third kappa shape index (κ3) is 1.67. The number of nitrogens with zero attached hydrogens (tertiary/aromatic N) is 1. The molecule has 6 nitrogen and oxygen atoms in total. The summed E-state index contributed by atoms with van der Waals surface area (Å²) in [6, 6.07) is 0. The average molecular weight is 180 g/mol. The standard InChI is InChI=1S/C4H7NO5S/c1-2-3(6)4(7)5-11(8,9)10-2/h2-3,6H,1H3,(H,5,7)/p-1. The number of aliphatic hydroxyl groups is 1. The van der Waals surface area contributed by atoms with Gasteiger partial charge >= 0.3 is 10.3 Å². The molecule has 1 rings (SSSR count). The molecule has 2 atom stereocenters. The third-order valence-electron chi connectivity index (χ3n) is 1.17. The molecule has 0 saturated heterocycles. The first kappa shape index (κ1) is 8.44. The Hall–Kier alpha value is -0.660. The molecule has 11 heavy (non-hydrogen) atoms. The van der Waals surface area contributed by atoms with Gasteiger partial charge in [-0.05, 0) is 6.92 Å². The van der Waals surface area contributed by atoms with Crippen molar-refractivity contribution >= 4 is 16.2 Å². The topological polar surface area (TPSA) is 99.0 Å². The van der Waals surface area contributed by atoms with Gasteiger partial charge in [0.25, 0.3) is 0 Å². The van der Waals surface area contributed by atoms with Crippen LogP contribution in [-0.4, -0.2) is 31.6 Å². The fourth-order valence-corrected chi connectivity index (χ4v) is 1.49. The molecule has 2 unspecified atom stereocenters. The zero-order valence-corrected chi connectivity index (χ0v) is 6.41. The fourth-order valence-electron chi connectivity index (χ4n) is 0.631. The van der Waals surface area contributed by atoms with Crippen molar-refractivity contribution < 1.29 is 22.8 Å². The Labute approximate surface area is 63.4 Å². The summed E-state index contributed by atoms with van der Waals surface area (Å²) in [6.07, 6.45) is -2.52. The van der Waals surface area contributed by atoms with Crippen molar-refractivity contribution in [1.82, 2.24) is 0 Å². The van der Waals surface area contributed by atoms with E-state index in [1.807, 2.05) is 0 Å². The van der Waals surface area contributed by atoms with Crippen LogP contribution >= 0.6 is 0 Å². The van der Waals surface area contributed by atoms with Gasteiger partial charge in [-0.2, -0.15) is 12.8 Å². The van der Waals surface area contributed by atoms with Crippen LogP contribution in [0.1, 0.15) is 6.92 Å². The molecule has 0 saturated carbocycles. The second kappa shape index (κ2) is 2.43. The van der Waals surface area contributed by atoms with E-state index in [-0.39, 0.29) is 0 Å². The minimum absolute atomic E-state index is 1.05. The summed E-state index contributed by atoms with van der Waals surface area (Å²) < 4.78 is 27.8. The van der Waals surface area contributed by atoms with Crippen molar-refractivity contribution in [2.24, 2.45) is 4.40 Å². The quantitative estimate of drug-likeness (QED) is 0.454. The molecule has 0 aliphatic carbocycles. The van der Waals surface area contributed by atoms with E-state index in [0.717, 1.165) is 0 Å². The molecule has 1 heterocycles. The SMILES string of the molecule is CC1OS(=O)(=O)N=C([O-])C1O. The molecule has 1 aliphatic rings. The van der Waals surface area contributed by atoms with Gasteiger partial charge in [0.05, 0.1) is 0 Å². The molecule has 0 spiro atoms. The van der Waals surface area contributed by atoms with Gasteiger partial charge in [-0.3, -0.25) is 0 Å². The highest BCUT2D eigenvalue weighted by atomic mass is 32.2. The van der Waals surface area contributed by atoms with Gasteiger partial charge in [-0.15, -0.1) is 0 Å². The summed E-state index contributed by atoms with van der Waals surface area (Å²) in [7, 11) is -4.10. The average Bonchev–Trinajstić information content (AvgIpc) is 1.81. The van der Waals surface area contributed by atoms with Gasteiger partial charge in [-0.1, -0.05) is 0 Å². The minimum atomic E-state index is -4.10. The lowest BCUT2D eigenvalue weighted by Gasteiger charge is -2.26. The fraction of sp³-hybridized carbons (Fsp3) is 0.750. The van der Waals surface area contributed by atoms with Crippen molar-refractivity contribution in [3.63, 3.8) is 0 Å². The van der Waals surface area contributed by atoms with Crippen molar-refractivity contribution in [3.8, 4) is 0 Å². The number of rotatable bonds is 0. The molecule has 0 bridgehead atoms. The Morgan fingerprint density at radius 3 is 2.73 bits per heavy atom. The Morgan fingerprint density at radius 1 is 1.73 bits per heavy atom. The highest BCUT2D eigenvalue weighted by Gasteiger charge is 2.27. The van der Waals surface area contributed by atoms with Crippen LogP contribution in [0.3, 0.4) is 0 Å². The molecule has 64 valence electrons. The maximum atomic E-state index is 10.5. The predicted octanol–water partition coefficient (Wildman–Crippen LogP) is -2.23. The monoisotopic (exact) mass is 180 g/mol. The highest BCUT2D eigenvalue weighted by Crippen LogP contribution is 2.11. The van der Waals surface area contributed by atoms with Gasteiger partial charge in [-0.25, -0.2) is 4.18 Å². The molecular weight excluding hydrogens is 174 g/mol. The lowest BCUT2D eigenvalue weighted by atomic mass is 10.2. The molecule has 0 aromatic heterocycles. The lowest BCUT2D eigenvalue weighted by molar-refractivity contribution is -0.232. The Bertz CT molecular complexity index is 281. The van der Waals surface area contributed by atoms with Crippen LogP contribution < -0.4 is 5.11 Å². The van der Waals surface area contributed by atoms with Gasteiger partial charge in [0, 0.05) is 5.90 Å². The van der Waals surface area contributed by atoms with Gasteiger partial charge in [0.15, 0.2) is 0 Å². The van der Waals surface area contributed by atoms with Crippen molar-refractivity contribution in [2.45, 2.75) is 19.1 Å².